The first-order valence-corrected chi connectivity index (χ1v) is 7.34. The van der Waals surface area contributed by atoms with Crippen LogP contribution in [0.15, 0.2) is 24.3 Å². The van der Waals surface area contributed by atoms with Crippen molar-refractivity contribution in [1.82, 2.24) is 4.90 Å². The van der Waals surface area contributed by atoms with Gasteiger partial charge in [0.2, 0.25) is 0 Å². The Kier molecular flexibility index (Phi) is 4.64. The lowest BCUT2D eigenvalue weighted by atomic mass is 9.88. The summed E-state index contributed by atoms with van der Waals surface area (Å²) in [6.45, 7) is 0.761. The molecule has 1 unspecified atom stereocenters. The lowest BCUT2D eigenvalue weighted by Crippen LogP contribution is -2.40. The molecule has 1 fully saturated rings. The third-order valence-corrected chi connectivity index (χ3v) is 4.56. The predicted octanol–water partition coefficient (Wildman–Crippen LogP) is 1.85. The van der Waals surface area contributed by atoms with E-state index in [0.717, 1.165) is 3.57 Å². The summed E-state index contributed by atoms with van der Waals surface area (Å²) in [7, 11) is 1.48. The normalized spacial score (nSPS) is 22.0. The van der Waals surface area contributed by atoms with Gasteiger partial charge >= 0.3 is 5.97 Å². The summed E-state index contributed by atoms with van der Waals surface area (Å²) >= 11 is 2.11. The number of halogens is 1. The summed E-state index contributed by atoms with van der Waals surface area (Å²) in [4.78, 5) is 25.5. The summed E-state index contributed by atoms with van der Waals surface area (Å²) in [5.41, 5.74) is -0.364. The van der Waals surface area contributed by atoms with Crippen LogP contribution >= 0.6 is 22.6 Å². The molecule has 1 N–H and O–H groups in total. The number of likely N-dealkylation sites (tertiary alicyclic amines) is 1. The summed E-state index contributed by atoms with van der Waals surface area (Å²) < 4.78 is 5.90. The van der Waals surface area contributed by atoms with Crippen LogP contribution in [0.25, 0.3) is 0 Å². The minimum absolute atomic E-state index is 0.116. The highest BCUT2D eigenvalue weighted by Gasteiger charge is 2.46. The van der Waals surface area contributed by atoms with E-state index in [9.17, 15) is 14.7 Å². The molecule has 2 rings (SSSR count). The fourth-order valence-electron chi connectivity index (χ4n) is 2.48. The van der Waals surface area contributed by atoms with Crippen molar-refractivity contribution in [3.8, 4) is 0 Å². The average molecular weight is 389 g/mol. The monoisotopic (exact) mass is 389 g/mol. The van der Waals surface area contributed by atoms with Crippen LogP contribution in [0.1, 0.15) is 16.8 Å². The number of nitrogens with zero attached hydrogens (tertiary/aromatic N) is 1. The number of carbonyl (C=O) groups is 2. The maximum Gasteiger partial charge on any atom is 0.313 e. The number of methoxy groups -OCH3 is 1. The predicted molar refractivity (Wildman–Crippen MR) is 81.6 cm³/mol. The van der Waals surface area contributed by atoms with E-state index in [1.54, 1.807) is 11.0 Å². The molecule has 1 aliphatic rings. The molecule has 0 spiro atoms. The van der Waals surface area contributed by atoms with Crippen LogP contribution in [0, 0.1) is 8.99 Å². The number of aliphatic carboxylic acids is 1. The Balaban J connectivity index is 2.19. The molecule has 1 aromatic rings. The van der Waals surface area contributed by atoms with Crippen molar-refractivity contribution >= 4 is 34.5 Å². The number of rotatable bonds is 4. The van der Waals surface area contributed by atoms with Crippen molar-refractivity contribution < 1.29 is 19.4 Å². The van der Waals surface area contributed by atoms with Gasteiger partial charge in [-0.2, -0.15) is 0 Å². The van der Waals surface area contributed by atoms with Gasteiger partial charge in [0.25, 0.3) is 5.91 Å². The van der Waals surface area contributed by atoms with Crippen molar-refractivity contribution in [3.05, 3.63) is 33.4 Å². The molecule has 0 saturated carbocycles. The van der Waals surface area contributed by atoms with Crippen LogP contribution in [0.2, 0.25) is 0 Å². The quantitative estimate of drug-likeness (QED) is 0.799. The van der Waals surface area contributed by atoms with Crippen LogP contribution in [0.5, 0.6) is 0 Å². The van der Waals surface area contributed by atoms with E-state index < -0.39 is 11.4 Å². The molecule has 6 heteroatoms. The first-order chi connectivity index (χ1) is 9.50. The number of ether oxygens (including phenoxy) is 1. The molecule has 1 amide bonds. The summed E-state index contributed by atoms with van der Waals surface area (Å²) in [6, 6.07) is 7.31. The maximum absolute atomic E-state index is 12.5. The van der Waals surface area contributed by atoms with Crippen LogP contribution in [0.3, 0.4) is 0 Å². The van der Waals surface area contributed by atoms with E-state index in [4.69, 9.17) is 4.74 Å². The van der Waals surface area contributed by atoms with Gasteiger partial charge in [-0.1, -0.05) is 12.1 Å². The highest BCUT2D eigenvalue weighted by molar-refractivity contribution is 14.1. The Hall–Kier alpha value is -1.15. The second kappa shape index (κ2) is 6.09. The SMILES string of the molecule is COCC1(C(=O)O)CCN(C(=O)c2ccccc2I)C1. The molecule has 0 radical (unpaired) electrons. The van der Waals surface area contributed by atoms with Crippen molar-refractivity contribution in [3.63, 3.8) is 0 Å². The fourth-order valence-corrected chi connectivity index (χ4v) is 3.10. The largest absolute Gasteiger partial charge is 0.481 e. The number of carboxylic acid groups (broad SMARTS) is 1. The fraction of sp³-hybridized carbons (Fsp3) is 0.429. The van der Waals surface area contributed by atoms with Crippen LogP contribution < -0.4 is 0 Å². The van der Waals surface area contributed by atoms with Gasteiger partial charge in [0, 0.05) is 23.8 Å². The number of carbonyl (C=O) groups excluding carboxylic acids is 1. The van der Waals surface area contributed by atoms with E-state index in [-0.39, 0.29) is 19.1 Å². The second-order valence-electron chi connectivity index (χ2n) is 4.98. The Bertz CT molecular complexity index is 534. The molecular formula is C14H16INO4. The molecule has 0 bridgehead atoms. The maximum atomic E-state index is 12.5. The van der Waals surface area contributed by atoms with Crippen molar-refractivity contribution in [1.29, 1.82) is 0 Å². The second-order valence-corrected chi connectivity index (χ2v) is 6.14. The first-order valence-electron chi connectivity index (χ1n) is 6.26. The van der Waals surface area contributed by atoms with Gasteiger partial charge in [-0.15, -0.1) is 0 Å². The Labute approximate surface area is 131 Å². The van der Waals surface area contributed by atoms with E-state index in [0.29, 0.717) is 18.5 Å². The first kappa shape index (κ1) is 15.2. The zero-order valence-electron chi connectivity index (χ0n) is 11.1. The zero-order valence-corrected chi connectivity index (χ0v) is 13.3. The number of amides is 1. The summed E-state index contributed by atoms with van der Waals surface area (Å²) in [5, 5.41) is 9.40. The zero-order chi connectivity index (χ0) is 14.8. The molecule has 20 heavy (non-hydrogen) atoms. The summed E-state index contributed by atoms with van der Waals surface area (Å²) in [5.74, 6) is -1.02. The van der Waals surface area contributed by atoms with Crippen LogP contribution in [-0.4, -0.2) is 48.7 Å². The number of hydrogen-bond donors (Lipinski definition) is 1. The van der Waals surface area contributed by atoms with Crippen LogP contribution in [0.4, 0.5) is 0 Å². The van der Waals surface area contributed by atoms with E-state index in [1.165, 1.54) is 7.11 Å². The Morgan fingerprint density at radius 3 is 2.75 bits per heavy atom. The van der Waals surface area contributed by atoms with E-state index in [1.807, 2.05) is 18.2 Å². The van der Waals surface area contributed by atoms with Gasteiger partial charge in [-0.05, 0) is 41.1 Å². The van der Waals surface area contributed by atoms with Gasteiger partial charge in [0.05, 0.1) is 12.2 Å². The minimum atomic E-state index is -0.982. The molecule has 1 heterocycles. The molecule has 108 valence electrons. The molecule has 1 saturated heterocycles. The standard InChI is InChI=1S/C14H16INO4/c1-20-9-14(13(18)19)6-7-16(8-14)12(17)10-4-2-3-5-11(10)15/h2-5H,6-9H2,1H3,(H,18,19). The molecule has 1 atom stereocenters. The van der Waals surface area contributed by atoms with Gasteiger partial charge in [-0.25, -0.2) is 0 Å². The van der Waals surface area contributed by atoms with E-state index in [2.05, 4.69) is 22.6 Å². The van der Waals surface area contributed by atoms with Gasteiger partial charge in [0.15, 0.2) is 0 Å². The molecule has 1 aliphatic heterocycles. The highest BCUT2D eigenvalue weighted by Crippen LogP contribution is 2.32. The number of hydrogen-bond acceptors (Lipinski definition) is 3. The molecule has 0 aromatic heterocycles. The molecule has 5 nitrogen and oxygen atoms in total. The van der Waals surface area contributed by atoms with Crippen molar-refractivity contribution in [2.75, 3.05) is 26.8 Å². The number of benzene rings is 1. The third kappa shape index (κ3) is 2.80. The Morgan fingerprint density at radius 2 is 2.15 bits per heavy atom. The lowest BCUT2D eigenvalue weighted by molar-refractivity contribution is -0.151. The third-order valence-electron chi connectivity index (χ3n) is 3.62. The van der Waals surface area contributed by atoms with E-state index >= 15 is 0 Å². The minimum Gasteiger partial charge on any atom is -0.481 e. The Morgan fingerprint density at radius 1 is 1.45 bits per heavy atom. The van der Waals surface area contributed by atoms with Crippen LogP contribution in [-0.2, 0) is 9.53 Å². The van der Waals surface area contributed by atoms with Gasteiger partial charge in [0.1, 0.15) is 5.41 Å². The van der Waals surface area contributed by atoms with Crippen molar-refractivity contribution in [2.24, 2.45) is 5.41 Å². The topological polar surface area (TPSA) is 66.8 Å². The lowest BCUT2D eigenvalue weighted by Gasteiger charge is -2.24. The summed E-state index contributed by atoms with van der Waals surface area (Å²) in [6.07, 6.45) is 0.422. The van der Waals surface area contributed by atoms with Crippen molar-refractivity contribution in [2.45, 2.75) is 6.42 Å². The smallest absolute Gasteiger partial charge is 0.313 e. The number of carboxylic acids is 1. The molecule has 1 aromatic carbocycles. The molecule has 0 aliphatic carbocycles. The highest BCUT2D eigenvalue weighted by atomic mass is 127. The molecular weight excluding hydrogens is 373 g/mol. The van der Waals surface area contributed by atoms with Gasteiger partial charge in [-0.3, -0.25) is 9.59 Å². The van der Waals surface area contributed by atoms with Gasteiger partial charge < -0.3 is 14.7 Å². The average Bonchev–Trinajstić information content (AvgIpc) is 2.85.